The average molecular weight is 274 g/mol. The third-order valence-electron chi connectivity index (χ3n) is 3.86. The summed E-state index contributed by atoms with van der Waals surface area (Å²) < 4.78 is 1.70. The van der Waals surface area contributed by atoms with Gasteiger partial charge in [0, 0.05) is 23.7 Å². The number of hydrogen-bond donors (Lipinski definition) is 2. The van der Waals surface area contributed by atoms with Crippen molar-refractivity contribution in [3.63, 3.8) is 0 Å². The topological polar surface area (TPSA) is 98.2 Å². The minimum Gasteiger partial charge on any atom is -0.369 e. The SMILES string of the molecule is Cc1cc(NC2CCC(C(N)=O)CC2)n2ncnc2n1. The molecule has 106 valence electrons. The van der Waals surface area contributed by atoms with Crippen LogP contribution < -0.4 is 11.1 Å². The van der Waals surface area contributed by atoms with Gasteiger partial charge in [-0.05, 0) is 32.6 Å². The number of nitrogens with zero attached hydrogens (tertiary/aromatic N) is 4. The highest BCUT2D eigenvalue weighted by Gasteiger charge is 2.25. The number of carbonyl (C=O) groups is 1. The number of aromatic nitrogens is 4. The molecule has 0 radical (unpaired) electrons. The van der Waals surface area contributed by atoms with Crippen LogP contribution in [-0.4, -0.2) is 31.5 Å². The number of nitrogens with two attached hydrogens (primary N) is 1. The Balaban J connectivity index is 1.74. The normalized spacial score (nSPS) is 22.9. The molecule has 20 heavy (non-hydrogen) atoms. The van der Waals surface area contributed by atoms with E-state index in [1.165, 1.54) is 6.33 Å². The number of amides is 1. The van der Waals surface area contributed by atoms with Crippen molar-refractivity contribution < 1.29 is 4.79 Å². The first kappa shape index (κ1) is 12.8. The van der Waals surface area contributed by atoms with Gasteiger partial charge in [0.15, 0.2) is 0 Å². The van der Waals surface area contributed by atoms with Crippen molar-refractivity contribution in [1.82, 2.24) is 19.6 Å². The summed E-state index contributed by atoms with van der Waals surface area (Å²) in [6.07, 6.45) is 5.06. The maximum absolute atomic E-state index is 11.2. The quantitative estimate of drug-likeness (QED) is 0.866. The molecule has 2 aromatic rings. The Labute approximate surface area is 116 Å². The van der Waals surface area contributed by atoms with Crippen LogP contribution in [0.25, 0.3) is 5.78 Å². The van der Waals surface area contributed by atoms with Crippen LogP contribution in [0.3, 0.4) is 0 Å². The second-order valence-corrected chi connectivity index (χ2v) is 5.35. The number of nitrogens with one attached hydrogen (secondary N) is 1. The lowest BCUT2D eigenvalue weighted by atomic mass is 9.85. The Morgan fingerprint density at radius 1 is 1.40 bits per heavy atom. The summed E-state index contributed by atoms with van der Waals surface area (Å²) >= 11 is 0. The molecule has 1 fully saturated rings. The molecule has 0 spiro atoms. The predicted octanol–water partition coefficient (Wildman–Crippen LogP) is 0.889. The van der Waals surface area contributed by atoms with E-state index in [1.54, 1.807) is 4.52 Å². The fourth-order valence-electron chi connectivity index (χ4n) is 2.76. The summed E-state index contributed by atoms with van der Waals surface area (Å²) in [5, 5.41) is 7.65. The number of fused-ring (bicyclic) bond motifs is 1. The summed E-state index contributed by atoms with van der Waals surface area (Å²) in [5.74, 6) is 1.34. The molecule has 2 aromatic heterocycles. The lowest BCUT2D eigenvalue weighted by molar-refractivity contribution is -0.122. The van der Waals surface area contributed by atoms with E-state index in [9.17, 15) is 4.79 Å². The molecule has 0 atom stereocenters. The molecule has 1 aliphatic rings. The van der Waals surface area contributed by atoms with Crippen LogP contribution in [0.5, 0.6) is 0 Å². The first-order chi connectivity index (χ1) is 9.63. The zero-order chi connectivity index (χ0) is 14.1. The number of primary amides is 1. The Hall–Kier alpha value is -2.18. The molecule has 1 amide bonds. The molecule has 7 nitrogen and oxygen atoms in total. The standard InChI is InChI=1S/C13H18N6O/c1-8-6-11(19-13(17-8)15-7-16-19)18-10-4-2-9(3-5-10)12(14)20/h6-7,9-10,18H,2-5H2,1H3,(H2,14,20). The summed E-state index contributed by atoms with van der Waals surface area (Å²) in [6.45, 7) is 1.93. The van der Waals surface area contributed by atoms with Crippen molar-refractivity contribution >= 4 is 17.5 Å². The lowest BCUT2D eigenvalue weighted by Crippen LogP contribution is -2.33. The Morgan fingerprint density at radius 3 is 2.85 bits per heavy atom. The highest BCUT2D eigenvalue weighted by Crippen LogP contribution is 2.26. The van der Waals surface area contributed by atoms with Gasteiger partial charge in [-0.2, -0.15) is 14.6 Å². The smallest absolute Gasteiger partial charge is 0.254 e. The molecule has 7 heteroatoms. The van der Waals surface area contributed by atoms with Crippen molar-refractivity contribution in [3.05, 3.63) is 18.1 Å². The fraction of sp³-hybridized carbons (Fsp3) is 0.538. The van der Waals surface area contributed by atoms with Gasteiger partial charge in [-0.3, -0.25) is 4.79 Å². The highest BCUT2D eigenvalue weighted by molar-refractivity contribution is 5.76. The van der Waals surface area contributed by atoms with Crippen LogP contribution in [0.15, 0.2) is 12.4 Å². The second kappa shape index (κ2) is 5.07. The summed E-state index contributed by atoms with van der Waals surface area (Å²) in [7, 11) is 0. The molecule has 3 N–H and O–H groups in total. The Bertz CT molecular complexity index is 629. The van der Waals surface area contributed by atoms with Crippen molar-refractivity contribution in [2.24, 2.45) is 11.7 Å². The third-order valence-corrected chi connectivity index (χ3v) is 3.86. The van der Waals surface area contributed by atoms with E-state index in [0.717, 1.165) is 37.2 Å². The molecule has 0 bridgehead atoms. The van der Waals surface area contributed by atoms with Gasteiger partial charge in [-0.25, -0.2) is 4.98 Å². The van der Waals surface area contributed by atoms with Crippen molar-refractivity contribution in [1.29, 1.82) is 0 Å². The van der Waals surface area contributed by atoms with Gasteiger partial charge >= 0.3 is 0 Å². The largest absolute Gasteiger partial charge is 0.369 e. The Kier molecular flexibility index (Phi) is 3.25. The zero-order valence-electron chi connectivity index (χ0n) is 11.4. The number of anilines is 1. The van der Waals surface area contributed by atoms with E-state index in [2.05, 4.69) is 20.4 Å². The van der Waals surface area contributed by atoms with Crippen LogP contribution in [0.2, 0.25) is 0 Å². The van der Waals surface area contributed by atoms with Crippen LogP contribution in [0, 0.1) is 12.8 Å². The number of carbonyl (C=O) groups excluding carboxylic acids is 1. The molecule has 0 saturated heterocycles. The highest BCUT2D eigenvalue weighted by atomic mass is 16.1. The van der Waals surface area contributed by atoms with Crippen molar-refractivity contribution in [2.75, 3.05) is 5.32 Å². The maximum Gasteiger partial charge on any atom is 0.254 e. The van der Waals surface area contributed by atoms with Gasteiger partial charge in [-0.15, -0.1) is 0 Å². The summed E-state index contributed by atoms with van der Waals surface area (Å²) in [6, 6.07) is 2.29. The predicted molar refractivity (Wildman–Crippen MR) is 74.1 cm³/mol. The molecule has 0 unspecified atom stereocenters. The van der Waals surface area contributed by atoms with Crippen molar-refractivity contribution in [3.8, 4) is 0 Å². The van der Waals surface area contributed by atoms with Gasteiger partial charge in [-0.1, -0.05) is 0 Å². The average Bonchev–Trinajstić information content (AvgIpc) is 2.87. The number of hydrogen-bond acceptors (Lipinski definition) is 5. The minimum atomic E-state index is -0.179. The van der Waals surface area contributed by atoms with Gasteiger partial charge < -0.3 is 11.1 Å². The van der Waals surface area contributed by atoms with Gasteiger partial charge in [0.1, 0.15) is 12.1 Å². The van der Waals surface area contributed by atoms with Gasteiger partial charge in [0.05, 0.1) is 0 Å². The Morgan fingerprint density at radius 2 is 2.15 bits per heavy atom. The minimum absolute atomic E-state index is 0.0265. The maximum atomic E-state index is 11.2. The van der Waals surface area contributed by atoms with Crippen LogP contribution in [0.4, 0.5) is 5.82 Å². The van der Waals surface area contributed by atoms with Crippen LogP contribution in [0.1, 0.15) is 31.4 Å². The monoisotopic (exact) mass is 274 g/mol. The van der Waals surface area contributed by atoms with E-state index in [0.29, 0.717) is 11.8 Å². The van der Waals surface area contributed by atoms with Gasteiger partial charge in [0.2, 0.25) is 5.91 Å². The van der Waals surface area contributed by atoms with Crippen LogP contribution in [-0.2, 0) is 4.79 Å². The molecule has 1 saturated carbocycles. The third kappa shape index (κ3) is 2.43. The van der Waals surface area contributed by atoms with E-state index >= 15 is 0 Å². The van der Waals surface area contributed by atoms with Gasteiger partial charge in [0.25, 0.3) is 5.78 Å². The van der Waals surface area contributed by atoms with E-state index < -0.39 is 0 Å². The first-order valence-electron chi connectivity index (χ1n) is 6.86. The lowest BCUT2D eigenvalue weighted by Gasteiger charge is -2.28. The zero-order valence-corrected chi connectivity index (χ0v) is 11.4. The number of aryl methyl sites for hydroxylation is 1. The molecule has 0 aromatic carbocycles. The molecule has 2 heterocycles. The molecule has 1 aliphatic carbocycles. The second-order valence-electron chi connectivity index (χ2n) is 5.35. The van der Waals surface area contributed by atoms with E-state index in [4.69, 9.17) is 5.73 Å². The van der Waals surface area contributed by atoms with Crippen molar-refractivity contribution in [2.45, 2.75) is 38.6 Å². The number of rotatable bonds is 3. The van der Waals surface area contributed by atoms with E-state index in [1.807, 2.05) is 13.0 Å². The first-order valence-corrected chi connectivity index (χ1v) is 6.86. The summed E-state index contributed by atoms with van der Waals surface area (Å²) in [4.78, 5) is 19.6. The fourth-order valence-corrected chi connectivity index (χ4v) is 2.76. The van der Waals surface area contributed by atoms with Crippen LogP contribution >= 0.6 is 0 Å². The molecular formula is C13H18N6O. The summed E-state index contributed by atoms with van der Waals surface area (Å²) in [5.41, 5.74) is 6.26. The molecule has 3 rings (SSSR count). The molecular weight excluding hydrogens is 256 g/mol. The molecule has 0 aliphatic heterocycles. The van der Waals surface area contributed by atoms with E-state index in [-0.39, 0.29) is 11.8 Å².